The van der Waals surface area contributed by atoms with Crippen molar-refractivity contribution in [2.24, 2.45) is 0 Å². The molecule has 0 saturated heterocycles. The Hall–Kier alpha value is -6.82. The Bertz CT molecular complexity index is 3330. The molecule has 12 rings (SSSR count). The summed E-state index contributed by atoms with van der Waals surface area (Å²) in [6, 6.07) is 59.0. The third kappa shape index (κ3) is 4.05. The van der Waals surface area contributed by atoms with E-state index in [9.17, 15) is 0 Å². The second-order valence-electron chi connectivity index (χ2n) is 13.8. The van der Waals surface area contributed by atoms with Crippen molar-refractivity contribution in [2.45, 2.75) is 0 Å². The standard InChI is InChI=1S/C48H28N4S/c1-2-13-38-37(12-1)45(49-50-46(38)31-21-23-33(24-22-31)51-42-14-6-3-9-34(42)35-10-4-7-15-43(35)51)30-19-17-29(18-20-30)32-27-40-36-11-5-8-16-44(36)52-47(40)41(28-32)39-25-26-53-48(39)52/h1-28H. The molecule has 0 atom stereocenters. The topological polar surface area (TPSA) is 35.1 Å². The maximum atomic E-state index is 4.87. The Kier molecular flexibility index (Phi) is 5.90. The third-order valence-electron chi connectivity index (χ3n) is 11.1. The summed E-state index contributed by atoms with van der Waals surface area (Å²) in [5, 5.41) is 21.9. The second kappa shape index (κ2) is 10.8. The van der Waals surface area contributed by atoms with Gasteiger partial charge in [-0.25, -0.2) is 0 Å². The Morgan fingerprint density at radius 1 is 0.377 bits per heavy atom. The van der Waals surface area contributed by atoms with Gasteiger partial charge in [0, 0.05) is 59.9 Å². The molecule has 7 aromatic carbocycles. The van der Waals surface area contributed by atoms with Crippen LogP contribution in [-0.2, 0) is 0 Å². The van der Waals surface area contributed by atoms with Crippen LogP contribution in [0.15, 0.2) is 169 Å². The molecule has 0 spiro atoms. The van der Waals surface area contributed by atoms with Crippen molar-refractivity contribution < 1.29 is 0 Å². The van der Waals surface area contributed by atoms with E-state index in [2.05, 4.69) is 178 Å². The van der Waals surface area contributed by atoms with Crippen LogP contribution in [0, 0.1) is 0 Å². The van der Waals surface area contributed by atoms with E-state index >= 15 is 0 Å². The first-order chi connectivity index (χ1) is 26.3. The van der Waals surface area contributed by atoms with E-state index in [1.54, 1.807) is 0 Å². The van der Waals surface area contributed by atoms with Crippen LogP contribution in [0.2, 0.25) is 0 Å². The number of thiophene rings is 1. The van der Waals surface area contributed by atoms with Crippen molar-refractivity contribution in [3.8, 4) is 39.3 Å². The van der Waals surface area contributed by atoms with E-state index in [0.29, 0.717) is 0 Å². The molecule has 0 amide bonds. The van der Waals surface area contributed by atoms with E-state index < -0.39 is 0 Å². The largest absolute Gasteiger partial charge is 0.309 e. The molecular formula is C48H28N4S. The number of nitrogens with zero attached hydrogens (tertiary/aromatic N) is 4. The molecule has 0 saturated carbocycles. The smallest absolute Gasteiger partial charge is 0.108 e. The van der Waals surface area contributed by atoms with Crippen molar-refractivity contribution in [1.29, 1.82) is 0 Å². The van der Waals surface area contributed by atoms with Gasteiger partial charge < -0.3 is 4.57 Å². The molecule has 5 aromatic heterocycles. The number of aromatic nitrogens is 4. The van der Waals surface area contributed by atoms with E-state index in [0.717, 1.165) is 39.0 Å². The molecule has 0 aliphatic heterocycles. The zero-order chi connectivity index (χ0) is 34.6. The zero-order valence-corrected chi connectivity index (χ0v) is 29.2. The fraction of sp³-hybridized carbons (Fsp3) is 0. The Morgan fingerprint density at radius 3 is 1.45 bits per heavy atom. The Morgan fingerprint density at radius 2 is 0.849 bits per heavy atom. The SMILES string of the molecule is c1ccc2c(-c3ccc(-n4c5ccccc5c5ccccc54)cc3)nnc(-c3ccc(-c4cc5c6ccccc6n6c7sccc7c(c4)c56)cc3)c2c1. The van der Waals surface area contributed by atoms with Gasteiger partial charge in [0.15, 0.2) is 0 Å². The van der Waals surface area contributed by atoms with Gasteiger partial charge >= 0.3 is 0 Å². The van der Waals surface area contributed by atoms with Crippen LogP contribution in [0.25, 0.3) is 109 Å². The number of hydrogen-bond acceptors (Lipinski definition) is 3. The second-order valence-corrected chi connectivity index (χ2v) is 14.7. The minimum absolute atomic E-state index is 0.882. The van der Waals surface area contributed by atoms with Crippen molar-refractivity contribution in [3.05, 3.63) is 169 Å². The lowest BCUT2D eigenvalue weighted by Gasteiger charge is -2.12. The predicted octanol–water partition coefficient (Wildman–Crippen LogP) is 12.9. The summed E-state index contributed by atoms with van der Waals surface area (Å²) in [5.41, 5.74) is 12.4. The monoisotopic (exact) mass is 692 g/mol. The van der Waals surface area contributed by atoms with E-state index in [-0.39, 0.29) is 0 Å². The quantitative estimate of drug-likeness (QED) is 0.184. The van der Waals surface area contributed by atoms with Crippen LogP contribution in [0.4, 0.5) is 0 Å². The van der Waals surface area contributed by atoms with Gasteiger partial charge in [-0.05, 0) is 65.0 Å². The third-order valence-corrected chi connectivity index (χ3v) is 12.0. The first-order valence-electron chi connectivity index (χ1n) is 17.9. The first kappa shape index (κ1) is 28.8. The highest BCUT2D eigenvalue weighted by Gasteiger charge is 2.20. The number of rotatable bonds is 4. The van der Waals surface area contributed by atoms with Crippen molar-refractivity contribution in [1.82, 2.24) is 19.2 Å². The summed E-state index contributed by atoms with van der Waals surface area (Å²) in [6.45, 7) is 0. The fourth-order valence-electron chi connectivity index (χ4n) is 8.68. The normalized spacial score (nSPS) is 12.2. The van der Waals surface area contributed by atoms with Gasteiger partial charge in [0.25, 0.3) is 0 Å². The van der Waals surface area contributed by atoms with Crippen LogP contribution >= 0.6 is 11.3 Å². The molecule has 5 heterocycles. The summed E-state index contributed by atoms with van der Waals surface area (Å²) in [6.07, 6.45) is 0. The fourth-order valence-corrected chi connectivity index (χ4v) is 9.61. The van der Waals surface area contributed by atoms with Gasteiger partial charge in [-0.15, -0.1) is 21.5 Å². The lowest BCUT2D eigenvalue weighted by molar-refractivity contribution is 1.06. The molecule has 53 heavy (non-hydrogen) atoms. The van der Waals surface area contributed by atoms with Gasteiger partial charge in [-0.1, -0.05) is 115 Å². The molecule has 12 aromatic rings. The predicted molar refractivity (Wildman–Crippen MR) is 223 cm³/mol. The molecule has 0 N–H and O–H groups in total. The maximum absolute atomic E-state index is 4.87. The highest BCUT2D eigenvalue weighted by molar-refractivity contribution is 7.17. The summed E-state index contributed by atoms with van der Waals surface area (Å²) >= 11 is 1.81. The summed E-state index contributed by atoms with van der Waals surface area (Å²) in [4.78, 5) is 1.31. The molecule has 246 valence electrons. The molecule has 0 fully saturated rings. The lowest BCUT2D eigenvalue weighted by atomic mass is 9.97. The Labute approximate surface area is 307 Å². The van der Waals surface area contributed by atoms with Gasteiger partial charge in [-0.2, -0.15) is 0 Å². The molecule has 0 radical (unpaired) electrons. The molecule has 5 heteroatoms. The highest BCUT2D eigenvalue weighted by Crippen LogP contribution is 2.43. The zero-order valence-electron chi connectivity index (χ0n) is 28.4. The molecule has 0 aliphatic carbocycles. The summed E-state index contributed by atoms with van der Waals surface area (Å²) in [7, 11) is 0. The average molecular weight is 693 g/mol. The van der Waals surface area contributed by atoms with Crippen LogP contribution in [0.3, 0.4) is 0 Å². The van der Waals surface area contributed by atoms with Crippen molar-refractivity contribution in [2.75, 3.05) is 0 Å². The number of hydrogen-bond donors (Lipinski definition) is 0. The number of benzene rings is 7. The van der Waals surface area contributed by atoms with Crippen LogP contribution < -0.4 is 0 Å². The lowest BCUT2D eigenvalue weighted by Crippen LogP contribution is -1.96. The maximum Gasteiger partial charge on any atom is 0.108 e. The van der Waals surface area contributed by atoms with Gasteiger partial charge in [0.2, 0.25) is 0 Å². The van der Waals surface area contributed by atoms with Crippen LogP contribution in [-0.4, -0.2) is 19.2 Å². The number of para-hydroxylation sites is 3. The number of fused-ring (bicyclic) bond motifs is 10. The van der Waals surface area contributed by atoms with Gasteiger partial charge in [-0.3, -0.25) is 4.40 Å². The first-order valence-corrected chi connectivity index (χ1v) is 18.8. The van der Waals surface area contributed by atoms with Crippen molar-refractivity contribution >= 4 is 81.3 Å². The minimum atomic E-state index is 0.882. The highest BCUT2D eigenvalue weighted by atomic mass is 32.1. The Balaban J connectivity index is 0.933. The molecule has 0 aliphatic rings. The minimum Gasteiger partial charge on any atom is -0.309 e. The van der Waals surface area contributed by atoms with E-state index in [4.69, 9.17) is 10.2 Å². The van der Waals surface area contributed by atoms with Gasteiger partial charge in [0.05, 0.1) is 22.1 Å². The summed E-state index contributed by atoms with van der Waals surface area (Å²) < 4.78 is 4.79. The van der Waals surface area contributed by atoms with Crippen LogP contribution in [0.5, 0.6) is 0 Å². The average Bonchev–Trinajstić information content (AvgIpc) is 3.99. The molecule has 4 nitrogen and oxygen atoms in total. The van der Waals surface area contributed by atoms with Crippen molar-refractivity contribution in [3.63, 3.8) is 0 Å². The molecular weight excluding hydrogens is 665 g/mol. The van der Waals surface area contributed by atoms with Gasteiger partial charge in [0.1, 0.15) is 16.2 Å². The summed E-state index contributed by atoms with van der Waals surface area (Å²) in [5.74, 6) is 0. The van der Waals surface area contributed by atoms with Crippen LogP contribution in [0.1, 0.15) is 0 Å². The van der Waals surface area contributed by atoms with E-state index in [1.807, 2.05) is 11.3 Å². The molecule has 0 unspecified atom stereocenters. The van der Waals surface area contributed by atoms with E-state index in [1.165, 1.54) is 70.3 Å². The molecule has 0 bridgehead atoms.